The van der Waals surface area contributed by atoms with Crippen LogP contribution >= 0.6 is 11.5 Å². The van der Waals surface area contributed by atoms with Crippen molar-refractivity contribution >= 4 is 28.2 Å². The van der Waals surface area contributed by atoms with Gasteiger partial charge in [0.15, 0.2) is 0 Å². The lowest BCUT2D eigenvalue weighted by Gasteiger charge is -1.98. The number of carboxylic acids is 1. The molecule has 0 fully saturated rings. The fraction of sp³-hybridized carbons (Fsp3) is 0.375. The number of aryl methyl sites for hydroxylation is 1. The minimum Gasteiger partial charge on any atom is -0.478 e. The van der Waals surface area contributed by atoms with Crippen molar-refractivity contribution in [2.75, 3.05) is 5.43 Å². The van der Waals surface area contributed by atoms with E-state index in [4.69, 9.17) is 5.11 Å². The molecule has 1 aromatic rings. The second-order valence-corrected chi connectivity index (χ2v) is 3.72. The van der Waals surface area contributed by atoms with Gasteiger partial charge in [-0.1, -0.05) is 0 Å². The SMILES string of the molecule is CC(C)=NNc1snc(C)c1C(=O)O. The molecule has 1 heterocycles. The Morgan fingerprint density at radius 3 is 2.71 bits per heavy atom. The van der Waals surface area contributed by atoms with E-state index in [0.29, 0.717) is 10.7 Å². The fourth-order valence-corrected chi connectivity index (χ4v) is 1.59. The van der Waals surface area contributed by atoms with Gasteiger partial charge in [-0.25, -0.2) is 4.79 Å². The molecule has 0 aliphatic heterocycles. The molecule has 5 nitrogen and oxygen atoms in total. The highest BCUT2D eigenvalue weighted by atomic mass is 32.1. The molecule has 2 N–H and O–H groups in total. The Hall–Kier alpha value is -1.43. The fourth-order valence-electron chi connectivity index (χ4n) is 0.860. The summed E-state index contributed by atoms with van der Waals surface area (Å²) < 4.78 is 3.94. The molecule has 14 heavy (non-hydrogen) atoms. The van der Waals surface area contributed by atoms with Crippen LogP contribution in [0, 0.1) is 6.92 Å². The Morgan fingerprint density at radius 1 is 1.57 bits per heavy atom. The van der Waals surface area contributed by atoms with E-state index in [9.17, 15) is 4.79 Å². The van der Waals surface area contributed by atoms with E-state index in [0.717, 1.165) is 17.2 Å². The van der Waals surface area contributed by atoms with Gasteiger partial charge >= 0.3 is 5.97 Å². The van der Waals surface area contributed by atoms with Crippen molar-refractivity contribution in [3.63, 3.8) is 0 Å². The van der Waals surface area contributed by atoms with Crippen molar-refractivity contribution in [1.29, 1.82) is 0 Å². The number of hydrogen-bond donors (Lipinski definition) is 2. The van der Waals surface area contributed by atoms with Crippen LogP contribution in [0.1, 0.15) is 29.9 Å². The van der Waals surface area contributed by atoms with Crippen molar-refractivity contribution in [3.8, 4) is 0 Å². The molecule has 0 aliphatic rings. The number of rotatable bonds is 3. The maximum absolute atomic E-state index is 10.8. The van der Waals surface area contributed by atoms with E-state index in [1.165, 1.54) is 0 Å². The molecule has 1 aromatic heterocycles. The highest BCUT2D eigenvalue weighted by Crippen LogP contribution is 2.24. The first-order chi connectivity index (χ1) is 6.52. The number of aromatic carboxylic acids is 1. The highest BCUT2D eigenvalue weighted by molar-refractivity contribution is 7.10. The first-order valence-electron chi connectivity index (χ1n) is 3.99. The molecule has 0 saturated heterocycles. The van der Waals surface area contributed by atoms with Gasteiger partial charge in [0, 0.05) is 5.71 Å². The van der Waals surface area contributed by atoms with Gasteiger partial charge in [0.1, 0.15) is 10.6 Å². The molecule has 0 aromatic carbocycles. The van der Waals surface area contributed by atoms with Gasteiger partial charge in [-0.3, -0.25) is 5.43 Å². The standard InChI is InChI=1S/C8H11N3O2S/c1-4(2)9-10-7-6(8(12)13)5(3)11-14-7/h10H,1-3H3,(H,12,13). The van der Waals surface area contributed by atoms with Crippen LogP contribution in [0.25, 0.3) is 0 Å². The van der Waals surface area contributed by atoms with E-state index < -0.39 is 5.97 Å². The number of nitrogens with one attached hydrogen (secondary N) is 1. The number of hydrogen-bond acceptors (Lipinski definition) is 5. The molecule has 0 radical (unpaired) electrons. The summed E-state index contributed by atoms with van der Waals surface area (Å²) >= 11 is 1.10. The Balaban J connectivity index is 2.98. The lowest BCUT2D eigenvalue weighted by Crippen LogP contribution is -2.01. The maximum Gasteiger partial charge on any atom is 0.340 e. The number of anilines is 1. The largest absolute Gasteiger partial charge is 0.478 e. The molecule has 0 spiro atoms. The summed E-state index contributed by atoms with van der Waals surface area (Å²) in [5.41, 5.74) is 4.21. The third kappa shape index (κ3) is 2.29. The smallest absolute Gasteiger partial charge is 0.340 e. The maximum atomic E-state index is 10.8. The highest BCUT2D eigenvalue weighted by Gasteiger charge is 2.16. The summed E-state index contributed by atoms with van der Waals surface area (Å²) in [5.74, 6) is -0.984. The van der Waals surface area contributed by atoms with Crippen molar-refractivity contribution in [1.82, 2.24) is 4.37 Å². The summed E-state index contributed by atoms with van der Waals surface area (Å²) in [6, 6.07) is 0. The minimum absolute atomic E-state index is 0.194. The number of hydrazone groups is 1. The van der Waals surface area contributed by atoms with Gasteiger partial charge < -0.3 is 5.11 Å². The molecule has 76 valence electrons. The Bertz CT molecular complexity index is 380. The van der Waals surface area contributed by atoms with Crippen LogP contribution in [0.5, 0.6) is 0 Å². The molecule has 0 aliphatic carbocycles. The van der Waals surface area contributed by atoms with Crippen LogP contribution < -0.4 is 5.43 Å². The van der Waals surface area contributed by atoms with Crippen LogP contribution in [0.4, 0.5) is 5.00 Å². The van der Waals surface area contributed by atoms with E-state index in [1.807, 2.05) is 13.8 Å². The lowest BCUT2D eigenvalue weighted by molar-refractivity contribution is 0.0697. The predicted molar refractivity (Wildman–Crippen MR) is 56.2 cm³/mol. The minimum atomic E-state index is -0.984. The van der Waals surface area contributed by atoms with Gasteiger partial charge in [0.25, 0.3) is 0 Å². The van der Waals surface area contributed by atoms with Crippen LogP contribution in [-0.4, -0.2) is 21.2 Å². The third-order valence-corrected chi connectivity index (χ3v) is 2.30. The van der Waals surface area contributed by atoms with Crippen LogP contribution in [0.3, 0.4) is 0 Å². The first kappa shape index (κ1) is 10.6. The van der Waals surface area contributed by atoms with Crippen molar-refractivity contribution in [2.45, 2.75) is 20.8 Å². The molecule has 0 amide bonds. The summed E-state index contributed by atoms with van der Waals surface area (Å²) in [6.07, 6.45) is 0. The van der Waals surface area contributed by atoms with Crippen LogP contribution in [0.15, 0.2) is 5.10 Å². The second-order valence-electron chi connectivity index (χ2n) is 2.95. The Morgan fingerprint density at radius 2 is 2.21 bits per heavy atom. The predicted octanol–water partition coefficient (Wildman–Crippen LogP) is 1.96. The Labute approximate surface area is 85.6 Å². The summed E-state index contributed by atoms with van der Waals surface area (Å²) in [4.78, 5) is 10.8. The average Bonchev–Trinajstić information content (AvgIpc) is 2.43. The number of carboxylic acid groups (broad SMARTS) is 1. The topological polar surface area (TPSA) is 74.6 Å². The van der Waals surface area contributed by atoms with Gasteiger partial charge in [-0.15, -0.1) is 0 Å². The van der Waals surface area contributed by atoms with Crippen molar-refractivity contribution < 1.29 is 9.90 Å². The van der Waals surface area contributed by atoms with Gasteiger partial charge in [-0.2, -0.15) is 9.47 Å². The molecule has 0 bridgehead atoms. The molecule has 0 unspecified atom stereocenters. The van der Waals surface area contributed by atoms with Crippen LogP contribution in [0.2, 0.25) is 0 Å². The van der Waals surface area contributed by atoms with E-state index in [-0.39, 0.29) is 5.56 Å². The Kier molecular flexibility index (Phi) is 3.19. The van der Waals surface area contributed by atoms with Crippen molar-refractivity contribution in [3.05, 3.63) is 11.3 Å². The molecular formula is C8H11N3O2S. The first-order valence-corrected chi connectivity index (χ1v) is 4.76. The molecule has 0 saturated carbocycles. The zero-order valence-electron chi connectivity index (χ0n) is 8.16. The molecule has 1 rings (SSSR count). The van der Waals surface area contributed by atoms with E-state index >= 15 is 0 Å². The zero-order chi connectivity index (χ0) is 10.7. The third-order valence-electron chi connectivity index (χ3n) is 1.46. The lowest BCUT2D eigenvalue weighted by atomic mass is 10.2. The van der Waals surface area contributed by atoms with Gasteiger partial charge in [-0.05, 0) is 32.3 Å². The van der Waals surface area contributed by atoms with Crippen molar-refractivity contribution in [2.24, 2.45) is 5.10 Å². The molecule has 6 heteroatoms. The monoisotopic (exact) mass is 213 g/mol. The summed E-state index contributed by atoms with van der Waals surface area (Å²) in [7, 11) is 0. The van der Waals surface area contributed by atoms with Gasteiger partial charge in [0.05, 0.1) is 5.69 Å². The molecule has 0 atom stereocenters. The van der Waals surface area contributed by atoms with Gasteiger partial charge in [0.2, 0.25) is 0 Å². The second kappa shape index (κ2) is 4.19. The average molecular weight is 213 g/mol. The quantitative estimate of drug-likeness (QED) is 0.594. The summed E-state index contributed by atoms with van der Waals surface area (Å²) in [5, 5.41) is 13.3. The number of carbonyl (C=O) groups is 1. The van der Waals surface area contributed by atoms with E-state index in [1.54, 1.807) is 6.92 Å². The summed E-state index contributed by atoms with van der Waals surface area (Å²) in [6.45, 7) is 5.30. The zero-order valence-corrected chi connectivity index (χ0v) is 8.97. The normalized spacial score (nSPS) is 9.64. The van der Waals surface area contributed by atoms with Crippen LogP contribution in [-0.2, 0) is 0 Å². The molecular weight excluding hydrogens is 202 g/mol. The number of aromatic nitrogens is 1. The number of nitrogens with zero attached hydrogens (tertiary/aromatic N) is 2. The van der Waals surface area contributed by atoms with E-state index in [2.05, 4.69) is 14.9 Å².